The van der Waals surface area contributed by atoms with Crippen LogP contribution >= 0.6 is 24.0 Å². The van der Waals surface area contributed by atoms with Crippen LogP contribution in [0.2, 0.25) is 0 Å². The van der Waals surface area contributed by atoms with Crippen molar-refractivity contribution in [3.8, 4) is 11.4 Å². The largest absolute Gasteiger partial charge is 0.497 e. The number of aromatic nitrogens is 2. The van der Waals surface area contributed by atoms with Crippen LogP contribution in [0.5, 0.6) is 5.75 Å². The summed E-state index contributed by atoms with van der Waals surface area (Å²) in [7, 11) is 3.36. The van der Waals surface area contributed by atoms with Gasteiger partial charge in [-0.15, -0.1) is 0 Å². The second kappa shape index (κ2) is 10.3. The van der Waals surface area contributed by atoms with Crippen molar-refractivity contribution >= 4 is 51.9 Å². The number of benzene rings is 2. The maximum absolute atomic E-state index is 13.0. The molecule has 8 nitrogen and oxygen atoms in total. The molecule has 4 rings (SSSR count). The Morgan fingerprint density at radius 2 is 1.80 bits per heavy atom. The molecule has 0 spiro atoms. The number of amides is 2. The second-order valence-electron chi connectivity index (χ2n) is 7.84. The third-order valence-electron chi connectivity index (χ3n) is 5.67. The zero-order valence-electron chi connectivity index (χ0n) is 19.5. The van der Waals surface area contributed by atoms with E-state index in [1.807, 2.05) is 60.7 Å². The van der Waals surface area contributed by atoms with Gasteiger partial charge in [0, 0.05) is 20.0 Å². The maximum Gasteiger partial charge on any atom is 0.295 e. The normalized spacial score (nSPS) is 14.6. The van der Waals surface area contributed by atoms with Crippen LogP contribution in [0.25, 0.3) is 11.8 Å². The highest BCUT2D eigenvalue weighted by Crippen LogP contribution is 2.33. The molecule has 1 aliphatic heterocycles. The third kappa shape index (κ3) is 5.08. The van der Waals surface area contributed by atoms with E-state index < -0.39 is 0 Å². The van der Waals surface area contributed by atoms with Gasteiger partial charge < -0.3 is 10.1 Å². The number of nitrogens with one attached hydrogen (secondary N) is 1. The number of para-hydroxylation sites is 1. The van der Waals surface area contributed by atoms with Crippen molar-refractivity contribution in [3.05, 3.63) is 81.1 Å². The summed E-state index contributed by atoms with van der Waals surface area (Å²) in [6, 6.07) is 16.6. The van der Waals surface area contributed by atoms with Gasteiger partial charge in [-0.1, -0.05) is 42.5 Å². The fourth-order valence-electron chi connectivity index (χ4n) is 3.67. The SMILES string of the molecule is COc1ccc(C=C2SC(=O)N(CCC(=O)Nc3c(C)n(C)n(-c4ccccc4)c3=O)C2=S)cc1. The Labute approximate surface area is 212 Å². The Bertz CT molecular complexity index is 1370. The minimum Gasteiger partial charge on any atom is -0.497 e. The zero-order chi connectivity index (χ0) is 25.1. The average molecular weight is 509 g/mol. The molecule has 180 valence electrons. The molecule has 2 amide bonds. The summed E-state index contributed by atoms with van der Waals surface area (Å²) in [6.07, 6.45) is 1.84. The average Bonchev–Trinajstić information content (AvgIpc) is 3.24. The molecule has 1 N–H and O–H groups in total. The van der Waals surface area contributed by atoms with E-state index >= 15 is 0 Å². The summed E-state index contributed by atoms with van der Waals surface area (Å²) >= 11 is 6.52. The molecule has 3 aromatic rings. The molecule has 0 unspecified atom stereocenters. The molecule has 1 aromatic heterocycles. The Balaban J connectivity index is 1.43. The summed E-state index contributed by atoms with van der Waals surface area (Å²) in [5.41, 5.74) is 2.10. The molecular weight excluding hydrogens is 484 g/mol. The van der Waals surface area contributed by atoms with Crippen LogP contribution in [0.4, 0.5) is 10.5 Å². The van der Waals surface area contributed by atoms with E-state index in [0.29, 0.717) is 21.3 Å². The molecule has 1 aliphatic rings. The van der Waals surface area contributed by atoms with Crippen molar-refractivity contribution in [1.82, 2.24) is 14.3 Å². The first-order valence-corrected chi connectivity index (χ1v) is 12.1. The molecule has 0 bridgehead atoms. The van der Waals surface area contributed by atoms with Crippen LogP contribution < -0.4 is 15.6 Å². The van der Waals surface area contributed by atoms with Crippen molar-refractivity contribution in [2.75, 3.05) is 19.0 Å². The molecule has 1 saturated heterocycles. The predicted octanol–water partition coefficient (Wildman–Crippen LogP) is 4.36. The molecule has 35 heavy (non-hydrogen) atoms. The number of thiocarbonyl (C=S) groups is 1. The number of anilines is 1. The molecule has 2 heterocycles. The van der Waals surface area contributed by atoms with Crippen molar-refractivity contribution < 1.29 is 14.3 Å². The number of nitrogens with zero attached hydrogens (tertiary/aromatic N) is 3. The van der Waals surface area contributed by atoms with E-state index in [1.54, 1.807) is 25.8 Å². The summed E-state index contributed by atoms with van der Waals surface area (Å²) in [5, 5.41) is 2.49. The zero-order valence-corrected chi connectivity index (χ0v) is 21.1. The third-order valence-corrected chi connectivity index (χ3v) is 7.16. The van der Waals surface area contributed by atoms with Gasteiger partial charge in [0.05, 0.1) is 23.4 Å². The fraction of sp³-hybridized carbons (Fsp3) is 0.200. The lowest BCUT2D eigenvalue weighted by atomic mass is 10.2. The van der Waals surface area contributed by atoms with Gasteiger partial charge in [-0.2, -0.15) is 0 Å². The van der Waals surface area contributed by atoms with Crippen LogP contribution in [0.1, 0.15) is 17.7 Å². The fourth-order valence-corrected chi connectivity index (χ4v) is 4.96. The van der Waals surface area contributed by atoms with Crippen LogP contribution in [0.3, 0.4) is 0 Å². The van der Waals surface area contributed by atoms with Gasteiger partial charge in [0.15, 0.2) is 0 Å². The van der Waals surface area contributed by atoms with Gasteiger partial charge in [0.1, 0.15) is 16.4 Å². The quantitative estimate of drug-likeness (QED) is 0.377. The van der Waals surface area contributed by atoms with E-state index in [9.17, 15) is 14.4 Å². The van der Waals surface area contributed by atoms with Gasteiger partial charge in [-0.25, -0.2) is 4.68 Å². The lowest BCUT2D eigenvalue weighted by Gasteiger charge is -2.14. The lowest BCUT2D eigenvalue weighted by Crippen LogP contribution is -2.31. The van der Waals surface area contributed by atoms with E-state index in [1.165, 1.54) is 9.58 Å². The number of carbonyl (C=O) groups is 2. The summed E-state index contributed by atoms with van der Waals surface area (Å²) in [5.74, 6) is 0.367. The van der Waals surface area contributed by atoms with Crippen molar-refractivity contribution in [3.63, 3.8) is 0 Å². The highest BCUT2D eigenvalue weighted by molar-refractivity contribution is 8.19. The molecule has 10 heteroatoms. The summed E-state index contributed by atoms with van der Waals surface area (Å²) in [4.78, 5) is 40.7. The van der Waals surface area contributed by atoms with Crippen molar-refractivity contribution in [1.29, 1.82) is 0 Å². The number of hydrogen-bond acceptors (Lipinski definition) is 6. The first kappa shape index (κ1) is 24.5. The molecule has 0 atom stereocenters. The van der Waals surface area contributed by atoms with E-state index in [-0.39, 0.29) is 35.4 Å². The summed E-state index contributed by atoms with van der Waals surface area (Å²) < 4.78 is 8.35. The highest BCUT2D eigenvalue weighted by atomic mass is 32.2. The van der Waals surface area contributed by atoms with E-state index in [2.05, 4.69) is 5.32 Å². The highest BCUT2D eigenvalue weighted by Gasteiger charge is 2.32. The first-order valence-electron chi connectivity index (χ1n) is 10.8. The van der Waals surface area contributed by atoms with E-state index in [4.69, 9.17) is 17.0 Å². The van der Waals surface area contributed by atoms with Crippen molar-refractivity contribution in [2.45, 2.75) is 13.3 Å². The molecular formula is C25H24N4O4S2. The monoisotopic (exact) mass is 508 g/mol. The van der Waals surface area contributed by atoms with Gasteiger partial charge in [-0.3, -0.25) is 24.0 Å². The maximum atomic E-state index is 13.0. The Hall–Kier alpha value is -3.63. The predicted molar refractivity (Wildman–Crippen MR) is 142 cm³/mol. The number of ether oxygens (including phenoxy) is 1. The van der Waals surface area contributed by atoms with Crippen LogP contribution in [0.15, 0.2) is 64.3 Å². The topological polar surface area (TPSA) is 85.6 Å². The Kier molecular flexibility index (Phi) is 7.23. The molecule has 2 aromatic carbocycles. The smallest absolute Gasteiger partial charge is 0.295 e. The first-order chi connectivity index (χ1) is 16.8. The van der Waals surface area contributed by atoms with E-state index in [0.717, 1.165) is 23.1 Å². The van der Waals surface area contributed by atoms with Gasteiger partial charge >= 0.3 is 0 Å². The molecule has 0 radical (unpaired) electrons. The van der Waals surface area contributed by atoms with Crippen LogP contribution in [-0.2, 0) is 11.8 Å². The number of hydrogen-bond donors (Lipinski definition) is 1. The molecule has 1 fully saturated rings. The number of rotatable bonds is 7. The van der Waals surface area contributed by atoms with Gasteiger partial charge in [-0.05, 0) is 54.6 Å². The minimum absolute atomic E-state index is 0.00136. The van der Waals surface area contributed by atoms with Gasteiger partial charge in [0.2, 0.25) is 5.91 Å². The van der Waals surface area contributed by atoms with Crippen molar-refractivity contribution in [2.24, 2.45) is 7.05 Å². The van der Waals surface area contributed by atoms with Gasteiger partial charge in [0.25, 0.3) is 10.8 Å². The lowest BCUT2D eigenvalue weighted by molar-refractivity contribution is -0.116. The standard InChI is InChI=1S/C25H24N4O4S2/c1-16-22(23(31)29(27(16)2)18-7-5-4-6-8-18)26-21(30)13-14-28-24(34)20(35-25(28)32)15-17-9-11-19(33-3)12-10-17/h4-12,15H,13-14H2,1-3H3,(H,26,30). The van der Waals surface area contributed by atoms with Crippen LogP contribution in [0, 0.1) is 6.92 Å². The second-order valence-corrected chi connectivity index (χ2v) is 9.22. The molecule has 0 aliphatic carbocycles. The number of carbonyl (C=O) groups excluding carboxylic acids is 2. The Morgan fingerprint density at radius 3 is 2.46 bits per heavy atom. The Morgan fingerprint density at radius 1 is 1.11 bits per heavy atom. The van der Waals surface area contributed by atoms with Crippen LogP contribution in [-0.4, -0.2) is 44.1 Å². The number of thioether (sulfide) groups is 1. The minimum atomic E-state index is -0.371. The number of methoxy groups -OCH3 is 1. The summed E-state index contributed by atoms with van der Waals surface area (Å²) in [6.45, 7) is 1.89. The molecule has 0 saturated carbocycles.